The zero-order valence-electron chi connectivity index (χ0n) is 18.4. The number of hydrogen-bond donors (Lipinski definition) is 1. The van der Waals surface area contributed by atoms with E-state index in [4.69, 9.17) is 9.72 Å². The number of ether oxygens (including phenoxy) is 1. The summed E-state index contributed by atoms with van der Waals surface area (Å²) < 4.78 is 7.11. The standard InChI is InChI=1S/C23H30N6O/c1-17-8-6-7-9-20(17)24-21-25-22(26-27(21)4)28-14-15-29(23(2,3)16-28)18-10-12-19(30-5)13-11-18/h6-13H,14-16H2,1-5H3,(H,24,25,26). The number of aromatic nitrogens is 3. The fourth-order valence-electron chi connectivity index (χ4n) is 4.01. The van der Waals surface area contributed by atoms with Crippen LogP contribution in [0.3, 0.4) is 0 Å². The summed E-state index contributed by atoms with van der Waals surface area (Å²) in [6.45, 7) is 9.21. The van der Waals surface area contributed by atoms with Crippen molar-refractivity contribution in [1.82, 2.24) is 14.8 Å². The lowest BCUT2D eigenvalue weighted by Crippen LogP contribution is -2.60. The van der Waals surface area contributed by atoms with Gasteiger partial charge in [-0.1, -0.05) is 18.2 Å². The largest absolute Gasteiger partial charge is 0.497 e. The van der Waals surface area contributed by atoms with Crippen molar-refractivity contribution in [3.63, 3.8) is 0 Å². The number of para-hydroxylation sites is 1. The van der Waals surface area contributed by atoms with Gasteiger partial charge in [0.05, 0.1) is 12.6 Å². The molecule has 30 heavy (non-hydrogen) atoms. The molecule has 0 atom stereocenters. The maximum absolute atomic E-state index is 5.30. The van der Waals surface area contributed by atoms with Crippen LogP contribution >= 0.6 is 0 Å². The number of aryl methyl sites for hydroxylation is 2. The third-order valence-electron chi connectivity index (χ3n) is 5.71. The Hall–Kier alpha value is -3.22. The number of piperazine rings is 1. The van der Waals surface area contributed by atoms with Gasteiger partial charge in [0, 0.05) is 38.1 Å². The molecule has 0 aliphatic carbocycles. The maximum atomic E-state index is 5.30. The van der Waals surface area contributed by atoms with Gasteiger partial charge in [0.25, 0.3) is 0 Å². The predicted molar refractivity (Wildman–Crippen MR) is 122 cm³/mol. The first-order chi connectivity index (χ1) is 14.4. The molecule has 2 heterocycles. The molecule has 0 spiro atoms. The van der Waals surface area contributed by atoms with Gasteiger partial charge in [-0.25, -0.2) is 4.68 Å². The van der Waals surface area contributed by atoms with E-state index in [0.29, 0.717) is 0 Å². The molecule has 0 amide bonds. The van der Waals surface area contributed by atoms with E-state index in [1.54, 1.807) is 7.11 Å². The van der Waals surface area contributed by atoms with Crippen LogP contribution in [0.15, 0.2) is 48.5 Å². The Labute approximate surface area is 178 Å². The third-order valence-corrected chi connectivity index (χ3v) is 5.71. The van der Waals surface area contributed by atoms with E-state index in [1.165, 1.54) is 11.3 Å². The predicted octanol–water partition coefficient (Wildman–Crippen LogP) is 3.98. The summed E-state index contributed by atoms with van der Waals surface area (Å²) in [6.07, 6.45) is 0. The molecule has 1 N–H and O–H groups in total. The van der Waals surface area contributed by atoms with Crippen LogP contribution in [0.2, 0.25) is 0 Å². The number of nitrogens with one attached hydrogen (secondary N) is 1. The smallest absolute Gasteiger partial charge is 0.246 e. The summed E-state index contributed by atoms with van der Waals surface area (Å²) in [5.74, 6) is 2.38. The average molecular weight is 407 g/mol. The lowest BCUT2D eigenvalue weighted by molar-refractivity contribution is 0.407. The molecule has 1 aliphatic heterocycles. The highest BCUT2D eigenvalue weighted by atomic mass is 16.5. The van der Waals surface area contributed by atoms with Gasteiger partial charge in [0.2, 0.25) is 11.9 Å². The molecule has 7 nitrogen and oxygen atoms in total. The quantitative estimate of drug-likeness (QED) is 0.692. The average Bonchev–Trinajstić information content (AvgIpc) is 3.09. The number of rotatable bonds is 5. The van der Waals surface area contributed by atoms with Gasteiger partial charge in [-0.15, -0.1) is 5.10 Å². The second-order valence-corrected chi connectivity index (χ2v) is 8.38. The molecule has 158 valence electrons. The molecule has 3 aromatic rings. The minimum absolute atomic E-state index is 0.0599. The number of anilines is 4. The Kier molecular flexibility index (Phi) is 5.28. The number of methoxy groups -OCH3 is 1. The molecule has 1 aliphatic rings. The first kappa shape index (κ1) is 20.1. The molecule has 2 aromatic carbocycles. The fraction of sp³-hybridized carbons (Fsp3) is 0.391. The van der Waals surface area contributed by atoms with E-state index in [2.05, 4.69) is 65.3 Å². The molecular formula is C23H30N6O. The fourth-order valence-corrected chi connectivity index (χ4v) is 4.01. The summed E-state index contributed by atoms with van der Waals surface area (Å²) in [5.41, 5.74) is 3.37. The molecule has 1 aromatic heterocycles. The third kappa shape index (κ3) is 3.92. The van der Waals surface area contributed by atoms with Gasteiger partial charge in [-0.3, -0.25) is 0 Å². The topological polar surface area (TPSA) is 58.5 Å². The summed E-state index contributed by atoms with van der Waals surface area (Å²) in [7, 11) is 3.62. The van der Waals surface area contributed by atoms with E-state index in [1.807, 2.05) is 36.0 Å². The van der Waals surface area contributed by atoms with Crippen LogP contribution in [-0.4, -0.2) is 47.0 Å². The summed E-state index contributed by atoms with van der Waals surface area (Å²) >= 11 is 0. The van der Waals surface area contributed by atoms with Gasteiger partial charge >= 0.3 is 0 Å². The molecule has 0 unspecified atom stereocenters. The summed E-state index contributed by atoms with van der Waals surface area (Å²) in [6, 6.07) is 16.5. The molecule has 0 saturated carbocycles. The Morgan fingerprint density at radius 2 is 1.77 bits per heavy atom. The molecule has 4 rings (SSSR count). The highest BCUT2D eigenvalue weighted by Crippen LogP contribution is 2.31. The van der Waals surface area contributed by atoms with Crippen LogP contribution in [0.25, 0.3) is 0 Å². The molecule has 0 radical (unpaired) electrons. The van der Waals surface area contributed by atoms with E-state index in [-0.39, 0.29) is 5.54 Å². The molecule has 7 heteroatoms. The monoisotopic (exact) mass is 406 g/mol. The second kappa shape index (κ2) is 7.89. The van der Waals surface area contributed by atoms with Crippen LogP contribution < -0.4 is 19.9 Å². The number of nitrogens with zero attached hydrogens (tertiary/aromatic N) is 5. The van der Waals surface area contributed by atoms with Crippen molar-refractivity contribution in [2.75, 3.05) is 41.9 Å². The van der Waals surface area contributed by atoms with Crippen LogP contribution in [0.1, 0.15) is 19.4 Å². The Bertz CT molecular complexity index is 1010. The highest BCUT2D eigenvalue weighted by Gasteiger charge is 2.35. The molecule has 1 fully saturated rings. The molecular weight excluding hydrogens is 376 g/mol. The van der Waals surface area contributed by atoms with Gasteiger partial charge < -0.3 is 19.9 Å². The normalized spacial score (nSPS) is 15.9. The van der Waals surface area contributed by atoms with Gasteiger partial charge in [0.1, 0.15) is 5.75 Å². The zero-order valence-corrected chi connectivity index (χ0v) is 18.4. The number of hydrogen-bond acceptors (Lipinski definition) is 6. The minimum Gasteiger partial charge on any atom is -0.497 e. The molecule has 1 saturated heterocycles. The Morgan fingerprint density at radius 1 is 1.03 bits per heavy atom. The van der Waals surface area contributed by atoms with Crippen molar-refractivity contribution in [3.8, 4) is 5.75 Å². The minimum atomic E-state index is -0.0599. The van der Waals surface area contributed by atoms with Crippen molar-refractivity contribution in [2.24, 2.45) is 7.05 Å². The zero-order chi connectivity index (χ0) is 21.3. The lowest BCUT2D eigenvalue weighted by Gasteiger charge is -2.48. The first-order valence-corrected chi connectivity index (χ1v) is 10.3. The summed E-state index contributed by atoms with van der Waals surface area (Å²) in [4.78, 5) is 9.50. The lowest BCUT2D eigenvalue weighted by atomic mass is 9.98. The van der Waals surface area contributed by atoms with Crippen molar-refractivity contribution in [3.05, 3.63) is 54.1 Å². The second-order valence-electron chi connectivity index (χ2n) is 8.38. The van der Waals surface area contributed by atoms with Crippen molar-refractivity contribution in [2.45, 2.75) is 26.3 Å². The van der Waals surface area contributed by atoms with Crippen LogP contribution in [0, 0.1) is 6.92 Å². The summed E-state index contributed by atoms with van der Waals surface area (Å²) in [5, 5.41) is 8.09. The van der Waals surface area contributed by atoms with E-state index in [0.717, 1.165) is 43.0 Å². The van der Waals surface area contributed by atoms with Crippen LogP contribution in [0.5, 0.6) is 5.75 Å². The van der Waals surface area contributed by atoms with Crippen molar-refractivity contribution in [1.29, 1.82) is 0 Å². The number of benzene rings is 2. The van der Waals surface area contributed by atoms with Gasteiger partial charge in [-0.2, -0.15) is 4.98 Å². The van der Waals surface area contributed by atoms with Crippen LogP contribution in [-0.2, 0) is 7.05 Å². The van der Waals surface area contributed by atoms with E-state index >= 15 is 0 Å². The highest BCUT2D eigenvalue weighted by molar-refractivity contribution is 5.59. The van der Waals surface area contributed by atoms with Crippen LogP contribution in [0.4, 0.5) is 23.3 Å². The van der Waals surface area contributed by atoms with Gasteiger partial charge in [-0.05, 0) is 56.7 Å². The van der Waals surface area contributed by atoms with E-state index < -0.39 is 0 Å². The van der Waals surface area contributed by atoms with Gasteiger partial charge in [0.15, 0.2) is 0 Å². The SMILES string of the molecule is COc1ccc(N2CCN(c3nc(Nc4ccccc4C)n(C)n3)CC2(C)C)cc1. The maximum Gasteiger partial charge on any atom is 0.246 e. The molecule has 0 bridgehead atoms. The van der Waals surface area contributed by atoms with E-state index in [9.17, 15) is 0 Å². The van der Waals surface area contributed by atoms with Crippen molar-refractivity contribution >= 4 is 23.3 Å². The first-order valence-electron chi connectivity index (χ1n) is 10.3. The Morgan fingerprint density at radius 3 is 2.43 bits per heavy atom. The Balaban J connectivity index is 1.50. The van der Waals surface area contributed by atoms with Crippen molar-refractivity contribution < 1.29 is 4.74 Å².